The molecule has 0 aromatic rings. The first-order chi connectivity index (χ1) is 9.11. The maximum Gasteiger partial charge on any atom is 0.308 e. The van der Waals surface area contributed by atoms with Gasteiger partial charge in [0.15, 0.2) is 0 Å². The summed E-state index contributed by atoms with van der Waals surface area (Å²) < 4.78 is 4.82. The van der Waals surface area contributed by atoms with Crippen molar-refractivity contribution >= 4 is 11.9 Å². The number of hydrogen-bond acceptors (Lipinski definition) is 3. The van der Waals surface area contributed by atoms with E-state index in [9.17, 15) is 9.59 Å². The molecular formula is C15H25NO3. The average Bonchev–Trinajstić information content (AvgIpc) is 2.45. The fourth-order valence-electron chi connectivity index (χ4n) is 3.44. The van der Waals surface area contributed by atoms with Gasteiger partial charge >= 0.3 is 5.97 Å². The Balaban J connectivity index is 1.93. The predicted octanol–water partition coefficient (Wildman–Crippen LogP) is 2.22. The number of methoxy groups -OCH3 is 1. The Morgan fingerprint density at radius 2 is 1.84 bits per heavy atom. The number of likely N-dealkylation sites (tertiary alicyclic amines) is 1. The highest BCUT2D eigenvalue weighted by Crippen LogP contribution is 2.32. The van der Waals surface area contributed by atoms with E-state index in [1.165, 1.54) is 13.5 Å². The fourth-order valence-corrected chi connectivity index (χ4v) is 3.44. The van der Waals surface area contributed by atoms with Crippen molar-refractivity contribution in [2.24, 2.45) is 17.8 Å². The topological polar surface area (TPSA) is 46.6 Å². The van der Waals surface area contributed by atoms with Crippen molar-refractivity contribution in [3.63, 3.8) is 0 Å². The molecule has 4 nitrogen and oxygen atoms in total. The van der Waals surface area contributed by atoms with Gasteiger partial charge < -0.3 is 9.64 Å². The first kappa shape index (κ1) is 14.4. The van der Waals surface area contributed by atoms with Crippen molar-refractivity contribution in [3.05, 3.63) is 0 Å². The van der Waals surface area contributed by atoms with Gasteiger partial charge in [0.1, 0.15) is 0 Å². The lowest BCUT2D eigenvalue weighted by Gasteiger charge is -2.35. The third-order valence-corrected chi connectivity index (χ3v) is 4.53. The molecule has 2 rings (SSSR count). The van der Waals surface area contributed by atoms with Crippen LogP contribution in [0.25, 0.3) is 0 Å². The first-order valence-corrected chi connectivity index (χ1v) is 7.48. The molecule has 0 N–H and O–H groups in total. The number of amides is 1. The van der Waals surface area contributed by atoms with Gasteiger partial charge in [0.2, 0.25) is 5.91 Å². The molecule has 0 unspecified atom stereocenters. The molecule has 2 fully saturated rings. The minimum Gasteiger partial charge on any atom is -0.469 e. The molecule has 1 saturated heterocycles. The summed E-state index contributed by atoms with van der Waals surface area (Å²) in [5.41, 5.74) is 0. The van der Waals surface area contributed by atoms with Gasteiger partial charge in [0.05, 0.1) is 13.0 Å². The highest BCUT2D eigenvalue weighted by atomic mass is 16.5. The van der Waals surface area contributed by atoms with Crippen LogP contribution in [0.5, 0.6) is 0 Å². The molecule has 2 aliphatic rings. The monoisotopic (exact) mass is 267 g/mol. The lowest BCUT2D eigenvalue weighted by Crippen LogP contribution is -2.44. The highest BCUT2D eigenvalue weighted by Gasteiger charge is 2.34. The molecule has 1 amide bonds. The summed E-state index contributed by atoms with van der Waals surface area (Å²) in [4.78, 5) is 26.2. The van der Waals surface area contributed by atoms with E-state index >= 15 is 0 Å². The molecule has 3 atom stereocenters. The van der Waals surface area contributed by atoms with Crippen LogP contribution in [-0.2, 0) is 14.3 Å². The van der Waals surface area contributed by atoms with Crippen LogP contribution < -0.4 is 0 Å². The number of hydrogen-bond donors (Lipinski definition) is 0. The zero-order chi connectivity index (χ0) is 13.8. The zero-order valence-electron chi connectivity index (χ0n) is 12.1. The number of carbonyl (C=O) groups is 2. The molecule has 0 aromatic heterocycles. The molecule has 0 radical (unpaired) electrons. The van der Waals surface area contributed by atoms with E-state index < -0.39 is 0 Å². The van der Waals surface area contributed by atoms with Gasteiger partial charge in [-0.1, -0.05) is 13.3 Å². The van der Waals surface area contributed by atoms with Crippen molar-refractivity contribution in [3.8, 4) is 0 Å². The second-order valence-corrected chi connectivity index (χ2v) is 6.12. The van der Waals surface area contributed by atoms with Crippen molar-refractivity contribution in [2.45, 2.75) is 45.4 Å². The van der Waals surface area contributed by atoms with E-state index in [1.807, 2.05) is 4.90 Å². The molecule has 1 aliphatic carbocycles. The molecule has 108 valence electrons. The Bertz CT molecular complexity index is 342. The lowest BCUT2D eigenvalue weighted by atomic mass is 9.80. The fraction of sp³-hybridized carbons (Fsp3) is 0.867. The second kappa shape index (κ2) is 6.40. The van der Waals surface area contributed by atoms with E-state index in [0.29, 0.717) is 12.3 Å². The Hall–Kier alpha value is -1.06. The normalized spacial score (nSPS) is 31.9. The molecule has 0 spiro atoms. The van der Waals surface area contributed by atoms with E-state index in [1.54, 1.807) is 0 Å². The molecule has 19 heavy (non-hydrogen) atoms. The van der Waals surface area contributed by atoms with Crippen molar-refractivity contribution < 1.29 is 14.3 Å². The minimum atomic E-state index is -0.149. The van der Waals surface area contributed by atoms with Crippen LogP contribution in [0.2, 0.25) is 0 Å². The van der Waals surface area contributed by atoms with Crippen LogP contribution in [0.4, 0.5) is 0 Å². The standard InChI is InChI=1S/C15H25NO3/c1-11-5-4-8-16(10-11)14(17)12-6-3-7-13(9-12)15(18)19-2/h11-13H,3-10H2,1-2H3/t11-,12+,13+/m0/s1. The Kier molecular flexibility index (Phi) is 4.83. The molecular weight excluding hydrogens is 242 g/mol. The van der Waals surface area contributed by atoms with Gasteiger partial charge in [0, 0.05) is 19.0 Å². The van der Waals surface area contributed by atoms with E-state index in [2.05, 4.69) is 6.92 Å². The van der Waals surface area contributed by atoms with E-state index in [4.69, 9.17) is 4.74 Å². The molecule has 0 aromatic carbocycles. The van der Waals surface area contributed by atoms with Gasteiger partial charge in [0.25, 0.3) is 0 Å². The Morgan fingerprint density at radius 1 is 1.11 bits per heavy atom. The van der Waals surface area contributed by atoms with Crippen molar-refractivity contribution in [1.29, 1.82) is 0 Å². The summed E-state index contributed by atoms with van der Waals surface area (Å²) in [6.45, 7) is 3.98. The summed E-state index contributed by atoms with van der Waals surface area (Å²) in [6.07, 6.45) is 5.76. The highest BCUT2D eigenvalue weighted by molar-refractivity contribution is 5.80. The van der Waals surface area contributed by atoms with Crippen LogP contribution in [0, 0.1) is 17.8 Å². The Morgan fingerprint density at radius 3 is 2.53 bits per heavy atom. The van der Waals surface area contributed by atoms with Crippen LogP contribution in [0.1, 0.15) is 45.4 Å². The van der Waals surface area contributed by atoms with Crippen molar-refractivity contribution in [1.82, 2.24) is 4.90 Å². The number of carbonyl (C=O) groups excluding carboxylic acids is 2. The minimum absolute atomic E-state index is 0.0307. The quantitative estimate of drug-likeness (QED) is 0.721. The SMILES string of the molecule is COC(=O)[C@@H]1CCC[C@@H](C(=O)N2CCC[C@H](C)C2)C1. The summed E-state index contributed by atoms with van der Waals surface area (Å²) in [5, 5.41) is 0. The maximum absolute atomic E-state index is 12.5. The van der Waals surface area contributed by atoms with Gasteiger partial charge in [-0.15, -0.1) is 0 Å². The van der Waals surface area contributed by atoms with Crippen LogP contribution in [0.3, 0.4) is 0 Å². The summed E-state index contributed by atoms with van der Waals surface area (Å²) in [6, 6.07) is 0. The maximum atomic E-state index is 12.5. The van der Waals surface area contributed by atoms with Crippen LogP contribution in [-0.4, -0.2) is 37.0 Å². The third kappa shape index (κ3) is 3.48. The zero-order valence-corrected chi connectivity index (χ0v) is 12.1. The van der Waals surface area contributed by atoms with Gasteiger partial charge in [-0.3, -0.25) is 9.59 Å². The lowest BCUT2D eigenvalue weighted by molar-refractivity contribution is -0.149. The molecule has 4 heteroatoms. The Labute approximate surface area is 115 Å². The molecule has 1 saturated carbocycles. The summed E-state index contributed by atoms with van der Waals surface area (Å²) >= 11 is 0. The van der Waals surface area contributed by atoms with Gasteiger partial charge in [-0.2, -0.15) is 0 Å². The number of piperidine rings is 1. The number of esters is 1. The average molecular weight is 267 g/mol. The number of ether oxygens (including phenoxy) is 1. The molecule has 1 aliphatic heterocycles. The predicted molar refractivity (Wildman–Crippen MR) is 72.4 cm³/mol. The summed E-state index contributed by atoms with van der Waals surface area (Å²) in [7, 11) is 1.43. The largest absolute Gasteiger partial charge is 0.469 e. The molecule has 0 bridgehead atoms. The van der Waals surface area contributed by atoms with Gasteiger partial charge in [-0.05, 0) is 38.0 Å². The smallest absolute Gasteiger partial charge is 0.308 e. The van der Waals surface area contributed by atoms with Crippen LogP contribution in [0.15, 0.2) is 0 Å². The van der Waals surface area contributed by atoms with E-state index in [-0.39, 0.29) is 23.7 Å². The van der Waals surface area contributed by atoms with Crippen LogP contribution >= 0.6 is 0 Å². The third-order valence-electron chi connectivity index (χ3n) is 4.53. The first-order valence-electron chi connectivity index (χ1n) is 7.48. The number of rotatable bonds is 2. The second-order valence-electron chi connectivity index (χ2n) is 6.12. The molecule has 1 heterocycles. The summed E-state index contributed by atoms with van der Waals surface area (Å²) in [5.74, 6) is 0.681. The van der Waals surface area contributed by atoms with Crippen molar-refractivity contribution in [2.75, 3.05) is 20.2 Å². The van der Waals surface area contributed by atoms with E-state index in [0.717, 1.165) is 38.8 Å². The van der Waals surface area contributed by atoms with Gasteiger partial charge in [-0.25, -0.2) is 0 Å². The number of nitrogens with zero attached hydrogens (tertiary/aromatic N) is 1.